The fourth-order valence-corrected chi connectivity index (χ4v) is 2.45. The molecule has 0 aliphatic carbocycles. The number of nitrogens with one attached hydrogen (secondary N) is 1. The number of halogens is 3. The summed E-state index contributed by atoms with van der Waals surface area (Å²) in [7, 11) is 0. The van der Waals surface area contributed by atoms with Crippen molar-refractivity contribution in [1.29, 1.82) is 0 Å². The van der Waals surface area contributed by atoms with Crippen molar-refractivity contribution in [3.8, 4) is 0 Å². The number of hydrogen-bond donors (Lipinski definition) is 2. The van der Waals surface area contributed by atoms with Crippen LogP contribution < -0.4 is 5.32 Å². The summed E-state index contributed by atoms with van der Waals surface area (Å²) in [5.74, 6) is -2.71. The molecule has 1 aromatic rings. The molecule has 1 aromatic carbocycles. The number of hydrogen-bond acceptors (Lipinski definition) is 3. The maximum atomic E-state index is 13.0. The summed E-state index contributed by atoms with van der Waals surface area (Å²) in [6, 6.07) is 2.40. The second-order valence-electron chi connectivity index (χ2n) is 5.02. The molecule has 1 amide bonds. The zero-order chi connectivity index (χ0) is 15.4. The first-order valence-electron chi connectivity index (χ1n) is 6.64. The Kier molecular flexibility index (Phi) is 6.70. The summed E-state index contributed by atoms with van der Waals surface area (Å²) in [6.07, 6.45) is 1.26. The van der Waals surface area contributed by atoms with Crippen molar-refractivity contribution in [1.82, 2.24) is 10.2 Å². The van der Waals surface area contributed by atoms with E-state index >= 15 is 0 Å². The van der Waals surface area contributed by atoms with Gasteiger partial charge >= 0.3 is 5.97 Å². The van der Waals surface area contributed by atoms with Crippen LogP contribution in [0.5, 0.6) is 0 Å². The highest BCUT2D eigenvalue weighted by Gasteiger charge is 2.31. The minimum absolute atomic E-state index is 0. The highest BCUT2D eigenvalue weighted by molar-refractivity contribution is 5.85. The van der Waals surface area contributed by atoms with E-state index in [1.54, 1.807) is 4.90 Å². The third kappa shape index (κ3) is 4.92. The van der Waals surface area contributed by atoms with Gasteiger partial charge in [-0.1, -0.05) is 0 Å². The van der Waals surface area contributed by atoms with E-state index in [0.717, 1.165) is 24.6 Å². The van der Waals surface area contributed by atoms with E-state index in [9.17, 15) is 18.4 Å². The Bertz CT molecular complexity index is 537. The summed E-state index contributed by atoms with van der Waals surface area (Å²) >= 11 is 0. The second kappa shape index (κ2) is 8.05. The molecule has 1 aliphatic rings. The molecule has 5 nitrogen and oxygen atoms in total. The Hall–Kier alpha value is -1.73. The number of likely N-dealkylation sites (tertiary alicyclic amines) is 1. The minimum atomic E-state index is -0.937. The Labute approximate surface area is 132 Å². The number of carboxylic acids is 1. The van der Waals surface area contributed by atoms with Crippen LogP contribution in [0.25, 0.3) is 0 Å². The Morgan fingerprint density at radius 2 is 1.91 bits per heavy atom. The fourth-order valence-electron chi connectivity index (χ4n) is 2.45. The molecular weight excluding hydrogens is 318 g/mol. The van der Waals surface area contributed by atoms with Gasteiger partial charge in [-0.25, -0.2) is 8.78 Å². The van der Waals surface area contributed by atoms with Crippen molar-refractivity contribution in [2.75, 3.05) is 13.1 Å². The number of carboxylic acid groups (broad SMARTS) is 1. The van der Waals surface area contributed by atoms with Crippen LogP contribution >= 0.6 is 12.4 Å². The van der Waals surface area contributed by atoms with E-state index in [1.807, 2.05) is 0 Å². The van der Waals surface area contributed by atoms with Crippen molar-refractivity contribution in [2.24, 2.45) is 0 Å². The van der Waals surface area contributed by atoms with Gasteiger partial charge in [0, 0.05) is 12.6 Å². The van der Waals surface area contributed by atoms with E-state index < -0.39 is 23.6 Å². The molecular formula is C14H17ClF2N2O3. The topological polar surface area (TPSA) is 69.6 Å². The SMILES string of the molecule is Cl.O=C(CN1CCC[C@H]1C(=O)O)NCc1cc(F)cc(F)c1. The van der Waals surface area contributed by atoms with E-state index in [2.05, 4.69) is 5.32 Å². The average molecular weight is 335 g/mol. The van der Waals surface area contributed by atoms with Crippen molar-refractivity contribution >= 4 is 24.3 Å². The van der Waals surface area contributed by atoms with Gasteiger partial charge in [0.15, 0.2) is 0 Å². The third-order valence-electron chi connectivity index (χ3n) is 3.41. The fraction of sp³-hybridized carbons (Fsp3) is 0.429. The van der Waals surface area contributed by atoms with Gasteiger partial charge in [0.25, 0.3) is 0 Å². The van der Waals surface area contributed by atoms with Gasteiger partial charge in [-0.15, -0.1) is 12.4 Å². The first-order valence-corrected chi connectivity index (χ1v) is 6.64. The van der Waals surface area contributed by atoms with Crippen molar-refractivity contribution < 1.29 is 23.5 Å². The molecule has 0 unspecified atom stereocenters. The molecule has 2 rings (SSSR count). The zero-order valence-electron chi connectivity index (χ0n) is 11.7. The zero-order valence-corrected chi connectivity index (χ0v) is 12.5. The molecule has 0 spiro atoms. The third-order valence-corrected chi connectivity index (χ3v) is 3.41. The standard InChI is InChI=1S/C14H16F2N2O3.ClH/c15-10-4-9(5-11(16)6-10)7-17-13(19)8-18-3-1-2-12(18)14(20)21;/h4-6,12H,1-3,7-8H2,(H,17,19)(H,20,21);1H/t12-;/m0./s1. The number of aliphatic carboxylic acids is 1. The highest BCUT2D eigenvalue weighted by atomic mass is 35.5. The van der Waals surface area contributed by atoms with Gasteiger partial charge < -0.3 is 10.4 Å². The van der Waals surface area contributed by atoms with Crippen LogP contribution in [0.4, 0.5) is 8.78 Å². The van der Waals surface area contributed by atoms with Gasteiger partial charge in [0.1, 0.15) is 17.7 Å². The summed E-state index contributed by atoms with van der Waals surface area (Å²) in [5, 5.41) is 11.5. The van der Waals surface area contributed by atoms with Crippen molar-refractivity contribution in [2.45, 2.75) is 25.4 Å². The molecule has 0 aromatic heterocycles. The summed E-state index contributed by atoms with van der Waals surface area (Å²) in [5.41, 5.74) is 0.317. The number of nitrogens with zero attached hydrogens (tertiary/aromatic N) is 1. The van der Waals surface area contributed by atoms with Crippen LogP contribution in [-0.2, 0) is 16.1 Å². The minimum Gasteiger partial charge on any atom is -0.480 e. The Morgan fingerprint density at radius 3 is 2.50 bits per heavy atom. The monoisotopic (exact) mass is 334 g/mol. The highest BCUT2D eigenvalue weighted by Crippen LogP contribution is 2.16. The quantitative estimate of drug-likeness (QED) is 0.857. The van der Waals surface area contributed by atoms with Crippen LogP contribution in [0.1, 0.15) is 18.4 Å². The lowest BCUT2D eigenvalue weighted by molar-refractivity contribution is -0.142. The molecule has 1 heterocycles. The second-order valence-corrected chi connectivity index (χ2v) is 5.02. The lowest BCUT2D eigenvalue weighted by atomic mass is 10.2. The number of rotatable bonds is 5. The summed E-state index contributed by atoms with van der Waals surface area (Å²) in [4.78, 5) is 24.4. The predicted octanol–water partition coefficient (Wildman–Crippen LogP) is 1.55. The maximum absolute atomic E-state index is 13.0. The Morgan fingerprint density at radius 1 is 1.27 bits per heavy atom. The number of carbonyl (C=O) groups is 2. The largest absolute Gasteiger partial charge is 0.480 e. The number of carbonyl (C=O) groups excluding carboxylic acids is 1. The Balaban J connectivity index is 0.00000242. The van der Waals surface area contributed by atoms with Gasteiger partial charge in [0.05, 0.1) is 6.54 Å². The molecule has 0 radical (unpaired) electrons. The molecule has 8 heteroatoms. The normalized spacial score (nSPS) is 17.8. The molecule has 1 aliphatic heterocycles. The first-order chi connectivity index (χ1) is 9.95. The van der Waals surface area contributed by atoms with E-state index in [0.29, 0.717) is 18.5 Å². The van der Waals surface area contributed by atoms with Gasteiger partial charge in [-0.05, 0) is 37.1 Å². The van der Waals surface area contributed by atoms with Gasteiger partial charge in [-0.3, -0.25) is 14.5 Å². The summed E-state index contributed by atoms with van der Waals surface area (Å²) < 4.78 is 26.0. The van der Waals surface area contributed by atoms with Crippen LogP contribution in [0.3, 0.4) is 0 Å². The van der Waals surface area contributed by atoms with E-state index in [4.69, 9.17) is 5.11 Å². The molecule has 0 saturated carbocycles. The molecule has 122 valence electrons. The predicted molar refractivity (Wildman–Crippen MR) is 77.7 cm³/mol. The van der Waals surface area contributed by atoms with Gasteiger partial charge in [0.2, 0.25) is 5.91 Å². The number of benzene rings is 1. The van der Waals surface area contributed by atoms with Crippen molar-refractivity contribution in [3.63, 3.8) is 0 Å². The van der Waals surface area contributed by atoms with Crippen LogP contribution in [0.15, 0.2) is 18.2 Å². The average Bonchev–Trinajstić information content (AvgIpc) is 2.83. The van der Waals surface area contributed by atoms with Gasteiger partial charge in [-0.2, -0.15) is 0 Å². The molecule has 2 N–H and O–H groups in total. The molecule has 1 fully saturated rings. The molecule has 0 bridgehead atoms. The van der Waals surface area contributed by atoms with Crippen molar-refractivity contribution in [3.05, 3.63) is 35.4 Å². The van der Waals surface area contributed by atoms with Crippen LogP contribution in [-0.4, -0.2) is 41.0 Å². The van der Waals surface area contributed by atoms with Crippen LogP contribution in [0.2, 0.25) is 0 Å². The first kappa shape index (κ1) is 18.3. The molecule has 22 heavy (non-hydrogen) atoms. The van der Waals surface area contributed by atoms with E-state index in [1.165, 1.54) is 0 Å². The summed E-state index contributed by atoms with van der Waals surface area (Å²) in [6.45, 7) is 0.521. The molecule has 1 atom stereocenters. The lowest BCUT2D eigenvalue weighted by Gasteiger charge is -2.20. The lowest BCUT2D eigenvalue weighted by Crippen LogP contribution is -2.42. The van der Waals surface area contributed by atoms with Crippen LogP contribution in [0, 0.1) is 11.6 Å². The number of amides is 1. The smallest absolute Gasteiger partial charge is 0.320 e. The maximum Gasteiger partial charge on any atom is 0.320 e. The molecule has 1 saturated heterocycles. The van der Waals surface area contributed by atoms with E-state index in [-0.39, 0.29) is 31.4 Å².